The number of hydrogen-bond acceptors (Lipinski definition) is 3. The second-order valence-corrected chi connectivity index (χ2v) is 2.22. The van der Waals surface area contributed by atoms with Gasteiger partial charge in [0.05, 0.1) is 0 Å². The molecule has 0 radical (unpaired) electrons. The molecule has 3 nitrogen and oxygen atoms in total. The Labute approximate surface area is 76.7 Å². The summed E-state index contributed by atoms with van der Waals surface area (Å²) in [6.45, 7) is 12.5. The van der Waals surface area contributed by atoms with Gasteiger partial charge in [-0.3, -0.25) is 0 Å². The molecule has 0 aromatic carbocycles. The largest absolute Gasteiger partial charge is 0.314 e. The molecule has 1 aliphatic heterocycles. The molecule has 3 heteroatoms. The number of nitrogens with zero attached hydrogens (tertiary/aromatic N) is 1. The molecule has 0 amide bonds. The van der Waals surface area contributed by atoms with Gasteiger partial charge >= 0.3 is 0 Å². The second kappa shape index (κ2) is 10.9. The summed E-state index contributed by atoms with van der Waals surface area (Å²) in [6.07, 6.45) is 0. The van der Waals surface area contributed by atoms with Crippen molar-refractivity contribution in [2.75, 3.05) is 19.6 Å². The van der Waals surface area contributed by atoms with E-state index in [1.807, 2.05) is 34.6 Å². The summed E-state index contributed by atoms with van der Waals surface area (Å²) in [5.41, 5.74) is 0. The summed E-state index contributed by atoms with van der Waals surface area (Å²) in [4.78, 5) is 0. The summed E-state index contributed by atoms with van der Waals surface area (Å²) in [5.74, 6) is 0. The first-order valence-electron chi connectivity index (χ1n) is 4.97. The lowest BCUT2D eigenvalue weighted by molar-refractivity contribution is -0.130. The van der Waals surface area contributed by atoms with Crippen LogP contribution in [0.1, 0.15) is 34.6 Å². The van der Waals surface area contributed by atoms with Crippen LogP contribution in [0.5, 0.6) is 0 Å². The van der Waals surface area contributed by atoms with Crippen LogP contribution in [0.3, 0.4) is 0 Å². The quantitative estimate of drug-likeness (QED) is 0.590. The summed E-state index contributed by atoms with van der Waals surface area (Å²) in [6, 6.07) is 0.281. The first-order valence-corrected chi connectivity index (χ1v) is 4.97. The van der Waals surface area contributed by atoms with Crippen LogP contribution in [0.4, 0.5) is 0 Å². The molecular formula is C9H24N2O. The highest BCUT2D eigenvalue weighted by Crippen LogP contribution is 1.95. The topological polar surface area (TPSA) is 35.5 Å². The molecule has 0 bridgehead atoms. The number of hydroxylamine groups is 2. The van der Waals surface area contributed by atoms with Gasteiger partial charge in [-0.1, -0.05) is 27.7 Å². The molecule has 0 aromatic heterocycles. The maximum Gasteiger partial charge on any atom is 0.0447 e. The molecule has 1 heterocycles. The van der Waals surface area contributed by atoms with Crippen LogP contribution in [-0.4, -0.2) is 35.9 Å². The lowest BCUT2D eigenvalue weighted by atomic mass is 10.3. The van der Waals surface area contributed by atoms with Crippen molar-refractivity contribution in [1.29, 1.82) is 0 Å². The van der Waals surface area contributed by atoms with E-state index in [1.54, 1.807) is 0 Å². The van der Waals surface area contributed by atoms with Gasteiger partial charge in [0.25, 0.3) is 0 Å². The van der Waals surface area contributed by atoms with Gasteiger partial charge in [-0.25, -0.2) is 0 Å². The van der Waals surface area contributed by atoms with E-state index in [9.17, 15) is 0 Å². The molecule has 12 heavy (non-hydrogen) atoms. The Morgan fingerprint density at radius 2 is 1.75 bits per heavy atom. The van der Waals surface area contributed by atoms with Crippen LogP contribution in [0, 0.1) is 0 Å². The third-order valence-corrected chi connectivity index (χ3v) is 1.47. The monoisotopic (exact) mass is 176 g/mol. The average molecular weight is 176 g/mol. The van der Waals surface area contributed by atoms with Crippen LogP contribution in [0.15, 0.2) is 0 Å². The Balaban J connectivity index is 0. The van der Waals surface area contributed by atoms with Crippen LogP contribution in [-0.2, 0) is 0 Å². The van der Waals surface area contributed by atoms with Crippen LogP contribution < -0.4 is 5.32 Å². The third kappa shape index (κ3) is 6.58. The van der Waals surface area contributed by atoms with Crippen molar-refractivity contribution < 1.29 is 5.21 Å². The van der Waals surface area contributed by atoms with E-state index < -0.39 is 0 Å². The van der Waals surface area contributed by atoms with Crippen molar-refractivity contribution >= 4 is 0 Å². The lowest BCUT2D eigenvalue weighted by Crippen LogP contribution is -2.47. The Bertz CT molecular complexity index is 68.9. The molecule has 1 rings (SSSR count). The first-order chi connectivity index (χ1) is 5.80. The summed E-state index contributed by atoms with van der Waals surface area (Å²) < 4.78 is 0. The normalized spacial score (nSPS) is 23.0. The Morgan fingerprint density at radius 3 is 2.00 bits per heavy atom. The molecule has 1 unspecified atom stereocenters. The molecule has 1 atom stereocenters. The second-order valence-electron chi connectivity index (χ2n) is 2.22. The van der Waals surface area contributed by atoms with Gasteiger partial charge < -0.3 is 10.5 Å². The van der Waals surface area contributed by atoms with Crippen molar-refractivity contribution in [1.82, 2.24) is 10.4 Å². The van der Waals surface area contributed by atoms with Gasteiger partial charge in [-0.05, 0) is 6.92 Å². The zero-order valence-corrected chi connectivity index (χ0v) is 9.09. The van der Waals surface area contributed by atoms with Gasteiger partial charge in [0, 0.05) is 25.7 Å². The summed E-state index contributed by atoms with van der Waals surface area (Å²) >= 11 is 0. The summed E-state index contributed by atoms with van der Waals surface area (Å²) in [5, 5.41) is 13.5. The van der Waals surface area contributed by atoms with Crippen LogP contribution >= 0.6 is 0 Å². The fraction of sp³-hybridized carbons (Fsp3) is 1.00. The minimum absolute atomic E-state index is 0.281. The van der Waals surface area contributed by atoms with Crippen LogP contribution in [0.2, 0.25) is 0 Å². The average Bonchev–Trinajstić information content (AvgIpc) is 2.17. The van der Waals surface area contributed by atoms with Crippen molar-refractivity contribution in [3.63, 3.8) is 0 Å². The number of piperazine rings is 1. The van der Waals surface area contributed by atoms with Crippen molar-refractivity contribution in [2.24, 2.45) is 0 Å². The van der Waals surface area contributed by atoms with E-state index in [0.717, 1.165) is 19.6 Å². The van der Waals surface area contributed by atoms with Gasteiger partial charge in [0.2, 0.25) is 0 Å². The standard InChI is InChI=1S/C5H12N2O.2C2H6/c1-5-4-6-2-3-7(5)8;2*1-2/h5-6,8H,2-4H2,1H3;2*1-2H3. The van der Waals surface area contributed by atoms with E-state index in [-0.39, 0.29) is 6.04 Å². The molecule has 0 aromatic rings. The fourth-order valence-electron chi connectivity index (χ4n) is 0.830. The number of nitrogens with one attached hydrogen (secondary N) is 1. The molecule has 0 spiro atoms. The van der Waals surface area contributed by atoms with E-state index in [0.29, 0.717) is 0 Å². The van der Waals surface area contributed by atoms with E-state index in [4.69, 9.17) is 5.21 Å². The van der Waals surface area contributed by atoms with E-state index in [1.165, 1.54) is 5.06 Å². The maximum absolute atomic E-state index is 8.97. The highest BCUT2D eigenvalue weighted by atomic mass is 16.5. The molecule has 1 saturated heterocycles. The molecular weight excluding hydrogens is 152 g/mol. The fourth-order valence-corrected chi connectivity index (χ4v) is 0.830. The predicted octanol–water partition coefficient (Wildman–Crippen LogP) is 1.72. The van der Waals surface area contributed by atoms with Crippen molar-refractivity contribution in [3.05, 3.63) is 0 Å². The first kappa shape index (κ1) is 14.4. The maximum atomic E-state index is 8.97. The minimum Gasteiger partial charge on any atom is -0.314 e. The lowest BCUT2D eigenvalue weighted by Gasteiger charge is -2.27. The van der Waals surface area contributed by atoms with Gasteiger partial charge in [0.15, 0.2) is 0 Å². The zero-order chi connectivity index (χ0) is 9.98. The molecule has 0 saturated carbocycles. The Hall–Kier alpha value is -0.120. The Morgan fingerprint density at radius 1 is 1.25 bits per heavy atom. The summed E-state index contributed by atoms with van der Waals surface area (Å²) in [7, 11) is 0. The smallest absolute Gasteiger partial charge is 0.0447 e. The SMILES string of the molecule is CC.CC.CC1CNCCN1O. The predicted molar refractivity (Wildman–Crippen MR) is 53.5 cm³/mol. The molecule has 1 fully saturated rings. The minimum atomic E-state index is 0.281. The highest BCUT2D eigenvalue weighted by Gasteiger charge is 2.13. The van der Waals surface area contributed by atoms with E-state index in [2.05, 4.69) is 5.32 Å². The van der Waals surface area contributed by atoms with Gasteiger partial charge in [-0.2, -0.15) is 5.06 Å². The Kier molecular flexibility index (Phi) is 13.1. The molecule has 1 aliphatic rings. The number of hydrogen-bond donors (Lipinski definition) is 2. The molecule has 76 valence electrons. The van der Waals surface area contributed by atoms with Crippen LogP contribution in [0.25, 0.3) is 0 Å². The highest BCUT2D eigenvalue weighted by molar-refractivity contribution is 4.68. The van der Waals surface area contributed by atoms with Gasteiger partial charge in [-0.15, -0.1) is 0 Å². The van der Waals surface area contributed by atoms with Crippen molar-refractivity contribution in [2.45, 2.75) is 40.7 Å². The molecule has 0 aliphatic carbocycles. The van der Waals surface area contributed by atoms with Gasteiger partial charge in [0.1, 0.15) is 0 Å². The van der Waals surface area contributed by atoms with Crippen molar-refractivity contribution in [3.8, 4) is 0 Å². The molecule has 2 N–H and O–H groups in total. The third-order valence-electron chi connectivity index (χ3n) is 1.47. The zero-order valence-electron chi connectivity index (χ0n) is 9.09. The number of rotatable bonds is 0. The van der Waals surface area contributed by atoms with E-state index >= 15 is 0 Å².